The van der Waals surface area contributed by atoms with Gasteiger partial charge in [-0.15, -0.1) is 0 Å². The van der Waals surface area contributed by atoms with Crippen LogP contribution >= 0.6 is 0 Å². The first-order chi connectivity index (χ1) is 13.3. The van der Waals surface area contributed by atoms with Crippen molar-refractivity contribution in [2.75, 3.05) is 50.7 Å². The smallest absolute Gasteiger partial charge is 0.254 e. The van der Waals surface area contributed by atoms with E-state index in [0.29, 0.717) is 0 Å². The highest BCUT2D eigenvalue weighted by Gasteiger charge is 2.21. The topological polar surface area (TPSA) is 70.4 Å². The Balaban J connectivity index is 1.32. The monoisotopic (exact) mass is 369 g/mol. The Bertz CT molecular complexity index is 734. The Morgan fingerprint density at radius 3 is 2.56 bits per heavy atom. The van der Waals surface area contributed by atoms with Gasteiger partial charge in [-0.05, 0) is 31.4 Å². The Hall–Kier alpha value is -2.48. The molecule has 144 valence electrons. The molecule has 2 aliphatic rings. The molecule has 4 rings (SSSR count). The van der Waals surface area contributed by atoms with Crippen LogP contribution in [0.4, 0.5) is 5.82 Å². The lowest BCUT2D eigenvalue weighted by Crippen LogP contribution is -2.47. The first kappa shape index (κ1) is 17.9. The van der Waals surface area contributed by atoms with E-state index < -0.39 is 0 Å². The summed E-state index contributed by atoms with van der Waals surface area (Å²) in [4.78, 5) is 27.9. The summed E-state index contributed by atoms with van der Waals surface area (Å²) in [5, 5.41) is 4.15. The van der Waals surface area contributed by atoms with Crippen molar-refractivity contribution in [3.8, 4) is 0 Å². The van der Waals surface area contributed by atoms with Gasteiger partial charge in [0, 0.05) is 57.6 Å². The van der Waals surface area contributed by atoms with Crippen LogP contribution in [0.25, 0.3) is 0 Å². The summed E-state index contributed by atoms with van der Waals surface area (Å²) < 4.78 is 1.86. The molecule has 0 atom stereocenters. The lowest BCUT2D eigenvalue weighted by atomic mass is 10.1. The van der Waals surface area contributed by atoms with E-state index in [0.717, 1.165) is 76.6 Å². The van der Waals surface area contributed by atoms with Crippen LogP contribution in [0.3, 0.4) is 0 Å². The summed E-state index contributed by atoms with van der Waals surface area (Å²) in [6, 6.07) is 3.80. The van der Waals surface area contributed by atoms with Gasteiger partial charge in [0.1, 0.15) is 18.5 Å². The molecule has 0 radical (unpaired) electrons. The van der Waals surface area contributed by atoms with E-state index in [1.807, 2.05) is 21.7 Å². The molecule has 0 saturated carbocycles. The number of aromatic nitrogens is 4. The number of carbonyl (C=O) groups excluding carboxylic acids is 1. The molecule has 0 aromatic carbocycles. The zero-order valence-corrected chi connectivity index (χ0v) is 15.7. The molecule has 8 heteroatoms. The number of rotatable bonds is 5. The van der Waals surface area contributed by atoms with Gasteiger partial charge in [0.25, 0.3) is 5.91 Å². The van der Waals surface area contributed by atoms with Gasteiger partial charge in [-0.1, -0.05) is 0 Å². The number of carbonyl (C=O) groups is 1. The molecule has 0 aliphatic carbocycles. The molecule has 2 saturated heterocycles. The molecule has 2 aromatic rings. The molecule has 0 bridgehead atoms. The number of nitrogens with zero attached hydrogens (tertiary/aromatic N) is 7. The van der Waals surface area contributed by atoms with Crippen molar-refractivity contribution in [3.63, 3.8) is 0 Å². The van der Waals surface area contributed by atoms with Gasteiger partial charge in [-0.2, -0.15) is 5.10 Å². The molecule has 0 spiro atoms. The molecule has 8 nitrogen and oxygen atoms in total. The minimum Gasteiger partial charge on any atom is -0.354 e. The normalized spacial score (nSPS) is 18.7. The van der Waals surface area contributed by atoms with Gasteiger partial charge >= 0.3 is 0 Å². The van der Waals surface area contributed by atoms with Crippen LogP contribution in [-0.4, -0.2) is 81.3 Å². The molecule has 4 heterocycles. The van der Waals surface area contributed by atoms with Gasteiger partial charge in [-0.3, -0.25) is 14.4 Å². The van der Waals surface area contributed by atoms with Crippen molar-refractivity contribution in [1.29, 1.82) is 0 Å². The van der Waals surface area contributed by atoms with Crippen LogP contribution < -0.4 is 4.90 Å². The lowest BCUT2D eigenvalue weighted by molar-refractivity contribution is 0.0724. The summed E-state index contributed by atoms with van der Waals surface area (Å²) in [5.41, 5.74) is 0.760. The second-order valence-electron chi connectivity index (χ2n) is 7.24. The van der Waals surface area contributed by atoms with Gasteiger partial charge in [-0.25, -0.2) is 9.97 Å². The molecule has 27 heavy (non-hydrogen) atoms. The van der Waals surface area contributed by atoms with Crippen molar-refractivity contribution in [3.05, 3.63) is 36.5 Å². The highest BCUT2D eigenvalue weighted by Crippen LogP contribution is 2.18. The van der Waals surface area contributed by atoms with Crippen molar-refractivity contribution < 1.29 is 4.79 Å². The summed E-state index contributed by atoms with van der Waals surface area (Å²) in [7, 11) is 0. The second kappa shape index (κ2) is 8.47. The van der Waals surface area contributed by atoms with E-state index in [-0.39, 0.29) is 5.91 Å². The van der Waals surface area contributed by atoms with E-state index in [4.69, 9.17) is 0 Å². The fourth-order valence-electron chi connectivity index (χ4n) is 3.80. The van der Waals surface area contributed by atoms with Crippen LogP contribution in [0.15, 0.2) is 31.0 Å². The number of piperidine rings is 1. The quantitative estimate of drug-likeness (QED) is 0.787. The van der Waals surface area contributed by atoms with Gasteiger partial charge in [0.05, 0.1) is 6.54 Å². The summed E-state index contributed by atoms with van der Waals surface area (Å²) in [6.45, 7) is 7.40. The summed E-state index contributed by atoms with van der Waals surface area (Å²) in [6.07, 6.45) is 8.55. The number of piperazine rings is 1. The van der Waals surface area contributed by atoms with Crippen LogP contribution in [0.5, 0.6) is 0 Å². The van der Waals surface area contributed by atoms with E-state index in [1.165, 1.54) is 6.42 Å². The fourth-order valence-corrected chi connectivity index (χ4v) is 3.80. The average Bonchev–Trinajstić information content (AvgIpc) is 3.26. The third-order valence-corrected chi connectivity index (χ3v) is 5.44. The Morgan fingerprint density at radius 2 is 1.81 bits per heavy atom. The molecular formula is C19H27N7O. The molecule has 0 unspecified atom stereocenters. The van der Waals surface area contributed by atoms with Gasteiger partial charge in [0.2, 0.25) is 0 Å². The van der Waals surface area contributed by atoms with Crippen LogP contribution in [0.2, 0.25) is 0 Å². The third-order valence-electron chi connectivity index (χ3n) is 5.44. The van der Waals surface area contributed by atoms with Crippen molar-refractivity contribution >= 4 is 11.7 Å². The fraction of sp³-hybridized carbons (Fsp3) is 0.579. The van der Waals surface area contributed by atoms with Gasteiger partial charge < -0.3 is 9.80 Å². The van der Waals surface area contributed by atoms with E-state index in [1.54, 1.807) is 18.9 Å². The zero-order chi connectivity index (χ0) is 18.5. The average molecular weight is 369 g/mol. The molecule has 0 N–H and O–H groups in total. The molecule has 1 amide bonds. The van der Waals surface area contributed by atoms with Crippen molar-refractivity contribution in [2.45, 2.75) is 25.8 Å². The second-order valence-corrected chi connectivity index (χ2v) is 7.24. The van der Waals surface area contributed by atoms with Crippen LogP contribution in [-0.2, 0) is 6.54 Å². The number of amides is 1. The van der Waals surface area contributed by atoms with Crippen molar-refractivity contribution in [2.24, 2.45) is 0 Å². The maximum Gasteiger partial charge on any atom is 0.254 e. The van der Waals surface area contributed by atoms with E-state index in [2.05, 4.69) is 24.9 Å². The lowest BCUT2D eigenvalue weighted by Gasteiger charge is -2.35. The maximum absolute atomic E-state index is 12.7. The Kier molecular flexibility index (Phi) is 5.62. The molecular weight excluding hydrogens is 342 g/mol. The van der Waals surface area contributed by atoms with Crippen molar-refractivity contribution in [1.82, 2.24) is 29.5 Å². The highest BCUT2D eigenvalue weighted by molar-refractivity contribution is 5.94. The first-order valence-corrected chi connectivity index (χ1v) is 9.85. The first-order valence-electron chi connectivity index (χ1n) is 9.85. The minimum atomic E-state index is 0.143. The predicted octanol–water partition coefficient (Wildman–Crippen LogP) is 1.12. The minimum absolute atomic E-state index is 0.143. The SMILES string of the molecule is O=C(c1ccnc(N2CCN(CCn3cncn3)CC2)c1)N1CCCCC1. The maximum atomic E-state index is 12.7. The highest BCUT2D eigenvalue weighted by atomic mass is 16.2. The third kappa shape index (κ3) is 4.44. The Labute approximate surface area is 159 Å². The predicted molar refractivity (Wildman–Crippen MR) is 103 cm³/mol. The number of pyridine rings is 1. The summed E-state index contributed by atoms with van der Waals surface area (Å²) >= 11 is 0. The Morgan fingerprint density at radius 1 is 1.00 bits per heavy atom. The van der Waals surface area contributed by atoms with E-state index in [9.17, 15) is 4.79 Å². The standard InChI is InChI=1S/C19H27N7O/c27-19(25-6-2-1-3-7-25)17-4-5-21-18(14-17)24-11-8-23(9-12-24)10-13-26-16-20-15-22-26/h4-5,14-16H,1-3,6-13H2. The number of anilines is 1. The number of likely N-dealkylation sites (tertiary alicyclic amines) is 1. The largest absolute Gasteiger partial charge is 0.354 e. The zero-order valence-electron chi connectivity index (χ0n) is 15.7. The number of hydrogen-bond acceptors (Lipinski definition) is 6. The summed E-state index contributed by atoms with van der Waals surface area (Å²) in [5.74, 6) is 1.05. The van der Waals surface area contributed by atoms with Crippen LogP contribution in [0.1, 0.15) is 29.6 Å². The van der Waals surface area contributed by atoms with Crippen LogP contribution in [0, 0.1) is 0 Å². The van der Waals surface area contributed by atoms with E-state index >= 15 is 0 Å². The van der Waals surface area contributed by atoms with Gasteiger partial charge in [0.15, 0.2) is 0 Å². The molecule has 2 fully saturated rings. The molecule has 2 aromatic heterocycles. The molecule has 2 aliphatic heterocycles. The number of hydrogen-bond donors (Lipinski definition) is 0.